The van der Waals surface area contributed by atoms with Gasteiger partial charge in [-0.1, -0.05) is 0 Å². The smallest absolute Gasteiger partial charge is 0.231 e. The van der Waals surface area contributed by atoms with E-state index < -0.39 is 5.60 Å². The molecule has 3 heterocycles. The van der Waals surface area contributed by atoms with Gasteiger partial charge in [0, 0.05) is 19.7 Å². The van der Waals surface area contributed by atoms with Crippen molar-refractivity contribution in [2.75, 3.05) is 38.8 Å². The van der Waals surface area contributed by atoms with Crippen LogP contribution in [-0.2, 0) is 4.74 Å². The molecule has 7 heteroatoms. The van der Waals surface area contributed by atoms with Gasteiger partial charge in [0.2, 0.25) is 17.7 Å². The number of methoxy groups -OCH3 is 2. The first-order valence-corrected chi connectivity index (χ1v) is 7.71. The normalized spacial score (nSPS) is 24.3. The molecule has 0 aliphatic carbocycles. The van der Waals surface area contributed by atoms with E-state index in [1.165, 1.54) is 0 Å². The zero-order valence-electron chi connectivity index (χ0n) is 13.1. The van der Waals surface area contributed by atoms with E-state index in [1.807, 2.05) is 0 Å². The van der Waals surface area contributed by atoms with Crippen molar-refractivity contribution >= 4 is 5.95 Å². The van der Waals surface area contributed by atoms with Crippen LogP contribution < -0.4 is 14.4 Å². The summed E-state index contributed by atoms with van der Waals surface area (Å²) >= 11 is 0. The monoisotopic (exact) mass is 309 g/mol. The van der Waals surface area contributed by atoms with Gasteiger partial charge in [-0.3, -0.25) is 0 Å². The van der Waals surface area contributed by atoms with Crippen molar-refractivity contribution in [2.24, 2.45) is 0 Å². The van der Waals surface area contributed by atoms with Crippen LogP contribution in [0.2, 0.25) is 0 Å². The Bertz CT molecular complexity index is 495. The van der Waals surface area contributed by atoms with Gasteiger partial charge in [0.05, 0.1) is 32.0 Å². The van der Waals surface area contributed by atoms with Crippen LogP contribution in [-0.4, -0.2) is 60.7 Å². The highest BCUT2D eigenvalue weighted by molar-refractivity contribution is 5.37. The Morgan fingerprint density at radius 1 is 1.23 bits per heavy atom. The van der Waals surface area contributed by atoms with Crippen LogP contribution >= 0.6 is 0 Å². The topological polar surface area (TPSA) is 76.9 Å². The Morgan fingerprint density at radius 3 is 2.41 bits per heavy atom. The molecule has 1 spiro atoms. The molecular weight excluding hydrogens is 286 g/mol. The molecule has 2 fully saturated rings. The number of aliphatic hydroxyl groups excluding tert-OH is 1. The standard InChI is InChI=1S/C15H23N3O4/c1-20-12-10-13(21-2)17-14(16-12)18-7-5-15(6-8-18)11(19)4-3-9-22-15/h10-11,19H,3-9H2,1-2H3/t11-/m1/s1. The predicted octanol–water partition coefficient (Wildman–Crippen LogP) is 1.00. The molecule has 122 valence electrons. The summed E-state index contributed by atoms with van der Waals surface area (Å²) in [4.78, 5) is 10.9. The van der Waals surface area contributed by atoms with E-state index in [4.69, 9.17) is 14.2 Å². The second-order valence-electron chi connectivity index (χ2n) is 5.81. The second kappa shape index (κ2) is 6.26. The van der Waals surface area contributed by atoms with E-state index in [2.05, 4.69) is 14.9 Å². The molecule has 7 nitrogen and oxygen atoms in total. The third-order valence-corrected chi connectivity index (χ3v) is 4.60. The molecule has 1 atom stereocenters. The highest BCUT2D eigenvalue weighted by Gasteiger charge is 2.44. The Balaban J connectivity index is 1.73. The lowest BCUT2D eigenvalue weighted by atomic mass is 9.82. The van der Waals surface area contributed by atoms with Gasteiger partial charge in [0.25, 0.3) is 0 Å². The number of nitrogens with zero attached hydrogens (tertiary/aromatic N) is 3. The highest BCUT2D eigenvalue weighted by atomic mass is 16.5. The lowest BCUT2D eigenvalue weighted by Crippen LogP contribution is -2.55. The van der Waals surface area contributed by atoms with Crippen LogP contribution in [0.4, 0.5) is 5.95 Å². The maximum Gasteiger partial charge on any atom is 0.231 e. The fourth-order valence-corrected chi connectivity index (χ4v) is 3.22. The maximum atomic E-state index is 10.3. The molecule has 0 aromatic carbocycles. The van der Waals surface area contributed by atoms with Crippen molar-refractivity contribution in [1.82, 2.24) is 9.97 Å². The molecule has 3 rings (SSSR count). The Hall–Kier alpha value is -1.60. The van der Waals surface area contributed by atoms with Crippen molar-refractivity contribution in [3.63, 3.8) is 0 Å². The van der Waals surface area contributed by atoms with Gasteiger partial charge in [-0.05, 0) is 25.7 Å². The molecule has 2 aliphatic rings. The van der Waals surface area contributed by atoms with Crippen LogP contribution in [0.1, 0.15) is 25.7 Å². The first-order valence-electron chi connectivity index (χ1n) is 7.71. The van der Waals surface area contributed by atoms with Crippen LogP contribution in [0.25, 0.3) is 0 Å². The number of piperidine rings is 1. The number of ether oxygens (including phenoxy) is 3. The van der Waals surface area contributed by atoms with E-state index >= 15 is 0 Å². The minimum Gasteiger partial charge on any atom is -0.481 e. The summed E-state index contributed by atoms with van der Waals surface area (Å²) in [6.45, 7) is 2.22. The fraction of sp³-hybridized carbons (Fsp3) is 0.733. The molecule has 1 aromatic heterocycles. The van der Waals surface area contributed by atoms with Gasteiger partial charge in [-0.15, -0.1) is 0 Å². The van der Waals surface area contributed by atoms with Crippen LogP contribution in [0, 0.1) is 0 Å². The summed E-state index contributed by atoms with van der Waals surface area (Å²) in [5.41, 5.74) is -0.391. The first-order chi connectivity index (χ1) is 10.7. The molecule has 1 N–H and O–H groups in total. The Morgan fingerprint density at radius 2 is 1.86 bits per heavy atom. The quantitative estimate of drug-likeness (QED) is 0.892. The van der Waals surface area contributed by atoms with Gasteiger partial charge in [-0.2, -0.15) is 9.97 Å². The van der Waals surface area contributed by atoms with Gasteiger partial charge >= 0.3 is 0 Å². The van der Waals surface area contributed by atoms with Crippen LogP contribution in [0.5, 0.6) is 11.8 Å². The first kappa shape index (κ1) is 15.3. The molecule has 0 amide bonds. The van der Waals surface area contributed by atoms with Crippen molar-refractivity contribution in [3.05, 3.63) is 6.07 Å². The number of hydrogen-bond acceptors (Lipinski definition) is 7. The van der Waals surface area contributed by atoms with Crippen molar-refractivity contribution in [2.45, 2.75) is 37.4 Å². The molecule has 0 radical (unpaired) electrons. The summed E-state index contributed by atoms with van der Waals surface area (Å²) in [6.07, 6.45) is 2.93. The molecule has 0 unspecified atom stereocenters. The van der Waals surface area contributed by atoms with Gasteiger partial charge in [-0.25, -0.2) is 0 Å². The van der Waals surface area contributed by atoms with Gasteiger partial charge in [0.15, 0.2) is 0 Å². The molecular formula is C15H23N3O4. The minimum atomic E-state index is -0.391. The van der Waals surface area contributed by atoms with Crippen LogP contribution in [0.3, 0.4) is 0 Å². The number of hydrogen-bond donors (Lipinski definition) is 1. The van der Waals surface area contributed by atoms with E-state index in [-0.39, 0.29) is 6.10 Å². The van der Waals surface area contributed by atoms with Gasteiger partial charge in [0.1, 0.15) is 0 Å². The Kier molecular flexibility index (Phi) is 4.35. The minimum absolute atomic E-state index is 0.371. The summed E-state index contributed by atoms with van der Waals surface area (Å²) in [5, 5.41) is 10.3. The Labute approximate surface area is 130 Å². The van der Waals surface area contributed by atoms with Crippen molar-refractivity contribution in [3.8, 4) is 11.8 Å². The zero-order chi connectivity index (χ0) is 15.6. The second-order valence-corrected chi connectivity index (χ2v) is 5.81. The van der Waals surface area contributed by atoms with E-state index in [0.29, 0.717) is 17.7 Å². The molecule has 1 aromatic rings. The molecule has 2 saturated heterocycles. The number of aromatic nitrogens is 2. The molecule has 0 saturated carbocycles. The number of rotatable bonds is 3. The number of anilines is 1. The SMILES string of the molecule is COc1cc(OC)nc(N2CCC3(CC2)OCCC[C@H]3O)n1. The summed E-state index contributed by atoms with van der Waals surface area (Å²) in [6, 6.07) is 1.66. The van der Waals surface area contributed by atoms with Crippen molar-refractivity contribution in [1.29, 1.82) is 0 Å². The maximum absolute atomic E-state index is 10.3. The third kappa shape index (κ3) is 2.83. The zero-order valence-corrected chi connectivity index (χ0v) is 13.1. The molecule has 22 heavy (non-hydrogen) atoms. The molecule has 2 aliphatic heterocycles. The average Bonchev–Trinajstić information content (AvgIpc) is 2.58. The van der Waals surface area contributed by atoms with E-state index in [1.54, 1.807) is 20.3 Å². The largest absolute Gasteiger partial charge is 0.481 e. The highest BCUT2D eigenvalue weighted by Crippen LogP contribution is 2.36. The van der Waals surface area contributed by atoms with E-state index in [0.717, 1.165) is 45.4 Å². The fourth-order valence-electron chi connectivity index (χ4n) is 3.22. The summed E-state index contributed by atoms with van der Waals surface area (Å²) < 4.78 is 16.3. The van der Waals surface area contributed by atoms with Crippen LogP contribution in [0.15, 0.2) is 6.07 Å². The van der Waals surface area contributed by atoms with E-state index in [9.17, 15) is 5.11 Å². The third-order valence-electron chi connectivity index (χ3n) is 4.60. The predicted molar refractivity (Wildman–Crippen MR) is 80.5 cm³/mol. The summed E-state index contributed by atoms with van der Waals surface area (Å²) in [7, 11) is 3.14. The lowest BCUT2D eigenvalue weighted by molar-refractivity contribution is -0.164. The number of aliphatic hydroxyl groups is 1. The van der Waals surface area contributed by atoms with Crippen molar-refractivity contribution < 1.29 is 19.3 Å². The van der Waals surface area contributed by atoms with Gasteiger partial charge < -0.3 is 24.2 Å². The average molecular weight is 309 g/mol. The molecule has 0 bridgehead atoms. The lowest BCUT2D eigenvalue weighted by Gasteiger charge is -2.46. The summed E-state index contributed by atoms with van der Waals surface area (Å²) in [5.74, 6) is 1.56.